The number of ether oxygens (including phenoxy) is 1. The molecule has 1 heterocycles. The number of hydrogen-bond acceptors (Lipinski definition) is 3. The first-order valence-electron chi connectivity index (χ1n) is 11.3. The highest BCUT2D eigenvalue weighted by atomic mass is 35.5. The molecule has 1 N–H and O–H groups in total. The number of carbonyl (C=O) groups excluding carboxylic acids is 1. The second-order valence-corrected chi connectivity index (χ2v) is 9.00. The minimum Gasteiger partial charge on any atom is -0.489 e. The molecule has 5 rings (SSSR count). The van der Waals surface area contributed by atoms with E-state index in [0.29, 0.717) is 31.0 Å². The van der Waals surface area contributed by atoms with Crippen molar-refractivity contribution in [1.82, 2.24) is 4.90 Å². The van der Waals surface area contributed by atoms with Crippen molar-refractivity contribution in [2.45, 2.75) is 19.7 Å². The highest BCUT2D eigenvalue weighted by Gasteiger charge is 2.27. The van der Waals surface area contributed by atoms with E-state index in [9.17, 15) is 19.1 Å². The van der Waals surface area contributed by atoms with E-state index in [1.807, 2.05) is 30.3 Å². The first kappa shape index (κ1) is 23.6. The van der Waals surface area contributed by atoms with Crippen molar-refractivity contribution in [3.8, 4) is 16.9 Å². The third kappa shape index (κ3) is 4.95. The van der Waals surface area contributed by atoms with Gasteiger partial charge in [-0.15, -0.1) is 0 Å². The zero-order valence-electron chi connectivity index (χ0n) is 19.1. The van der Waals surface area contributed by atoms with E-state index in [4.69, 9.17) is 16.3 Å². The Bertz CT molecular complexity index is 1470. The number of fused-ring (bicyclic) bond motifs is 1. The maximum absolute atomic E-state index is 13.2. The van der Waals surface area contributed by atoms with Crippen molar-refractivity contribution < 1.29 is 23.8 Å². The Morgan fingerprint density at radius 2 is 1.72 bits per heavy atom. The van der Waals surface area contributed by atoms with Gasteiger partial charge in [0.05, 0.1) is 10.6 Å². The van der Waals surface area contributed by atoms with Gasteiger partial charge in [0, 0.05) is 18.7 Å². The van der Waals surface area contributed by atoms with Gasteiger partial charge < -0.3 is 14.7 Å². The summed E-state index contributed by atoms with van der Waals surface area (Å²) >= 11 is 5.99. The number of carbonyl (C=O) groups is 2. The number of halogens is 2. The Hall–Kier alpha value is -4.16. The first-order valence-corrected chi connectivity index (χ1v) is 11.7. The monoisotopic (exact) mass is 501 g/mol. The fourth-order valence-electron chi connectivity index (χ4n) is 4.26. The van der Waals surface area contributed by atoms with E-state index in [0.717, 1.165) is 27.8 Å². The number of nitrogens with zero attached hydrogens (tertiary/aromatic N) is 1. The highest BCUT2D eigenvalue weighted by molar-refractivity contribution is 6.33. The molecule has 4 aromatic rings. The van der Waals surface area contributed by atoms with Crippen LogP contribution in [0.5, 0.6) is 5.75 Å². The van der Waals surface area contributed by atoms with Crippen LogP contribution < -0.4 is 4.74 Å². The summed E-state index contributed by atoms with van der Waals surface area (Å²) in [6.07, 6.45) is 0. The Labute approximate surface area is 212 Å². The molecule has 0 aliphatic carbocycles. The molecule has 0 saturated carbocycles. The Morgan fingerprint density at radius 3 is 2.50 bits per heavy atom. The van der Waals surface area contributed by atoms with Crippen LogP contribution in [0.1, 0.15) is 37.4 Å². The molecule has 36 heavy (non-hydrogen) atoms. The van der Waals surface area contributed by atoms with Gasteiger partial charge in [0.2, 0.25) is 0 Å². The van der Waals surface area contributed by atoms with Crippen LogP contribution in [0, 0.1) is 5.82 Å². The molecule has 1 aliphatic rings. The van der Waals surface area contributed by atoms with E-state index in [-0.39, 0.29) is 22.3 Å². The summed E-state index contributed by atoms with van der Waals surface area (Å²) in [5.74, 6) is -0.791. The van der Waals surface area contributed by atoms with Gasteiger partial charge in [-0.25, -0.2) is 9.18 Å². The third-order valence-electron chi connectivity index (χ3n) is 6.10. The van der Waals surface area contributed by atoms with Crippen molar-refractivity contribution in [2.24, 2.45) is 0 Å². The molecule has 1 amide bonds. The fraction of sp³-hybridized carbons (Fsp3) is 0.103. The summed E-state index contributed by atoms with van der Waals surface area (Å²) in [6.45, 7) is 1.17. The SMILES string of the molecule is O=C(O)c1cc(-c2cccc(COc3ccc4c(c3)CN(Cc3ccc(F)cc3)C4=O)c2)ccc1Cl. The average Bonchev–Trinajstić information content (AvgIpc) is 3.18. The Kier molecular flexibility index (Phi) is 6.44. The summed E-state index contributed by atoms with van der Waals surface area (Å²) in [5, 5.41) is 9.53. The van der Waals surface area contributed by atoms with E-state index in [2.05, 4.69) is 0 Å². The Morgan fingerprint density at radius 1 is 0.944 bits per heavy atom. The van der Waals surface area contributed by atoms with Gasteiger partial charge in [-0.1, -0.05) is 48.0 Å². The number of aromatic carboxylic acids is 1. The van der Waals surface area contributed by atoms with Crippen LogP contribution >= 0.6 is 11.6 Å². The molecular formula is C29H21ClFNO4. The lowest BCUT2D eigenvalue weighted by molar-refractivity contribution is 0.0696. The van der Waals surface area contributed by atoms with Gasteiger partial charge in [0.25, 0.3) is 5.91 Å². The molecule has 1 aliphatic heterocycles. The van der Waals surface area contributed by atoms with Crippen LogP contribution in [0.2, 0.25) is 5.02 Å². The van der Waals surface area contributed by atoms with Crippen molar-refractivity contribution in [3.63, 3.8) is 0 Å². The largest absolute Gasteiger partial charge is 0.489 e. The number of rotatable bonds is 7. The molecule has 180 valence electrons. The summed E-state index contributed by atoms with van der Waals surface area (Å²) in [5.41, 5.74) is 4.96. The molecule has 0 unspecified atom stereocenters. The lowest BCUT2D eigenvalue weighted by Gasteiger charge is -2.15. The summed E-state index contributed by atoms with van der Waals surface area (Å²) in [6, 6.07) is 24.1. The Balaban J connectivity index is 1.27. The first-order chi connectivity index (χ1) is 17.4. The predicted octanol–water partition coefficient (Wildman–Crippen LogP) is 6.58. The second-order valence-electron chi connectivity index (χ2n) is 8.60. The number of amides is 1. The lowest BCUT2D eigenvalue weighted by atomic mass is 10.0. The van der Waals surface area contributed by atoms with Crippen LogP contribution in [-0.2, 0) is 19.7 Å². The number of carboxylic acids is 1. The summed E-state index contributed by atoms with van der Waals surface area (Å²) < 4.78 is 19.2. The zero-order valence-corrected chi connectivity index (χ0v) is 19.8. The minimum absolute atomic E-state index is 0.0528. The van der Waals surface area contributed by atoms with Crippen molar-refractivity contribution in [1.29, 1.82) is 0 Å². The maximum Gasteiger partial charge on any atom is 0.337 e. The van der Waals surface area contributed by atoms with Crippen molar-refractivity contribution >= 4 is 23.5 Å². The van der Waals surface area contributed by atoms with E-state index in [1.54, 1.807) is 47.4 Å². The van der Waals surface area contributed by atoms with E-state index < -0.39 is 5.97 Å². The molecule has 4 aromatic carbocycles. The van der Waals surface area contributed by atoms with Gasteiger partial charge >= 0.3 is 5.97 Å². The van der Waals surface area contributed by atoms with E-state index in [1.165, 1.54) is 12.1 Å². The molecule has 7 heteroatoms. The smallest absolute Gasteiger partial charge is 0.337 e. The number of hydrogen-bond donors (Lipinski definition) is 1. The highest BCUT2D eigenvalue weighted by Crippen LogP contribution is 2.29. The van der Waals surface area contributed by atoms with Gasteiger partial charge in [0.1, 0.15) is 18.2 Å². The predicted molar refractivity (Wildman–Crippen MR) is 135 cm³/mol. The van der Waals surface area contributed by atoms with Crippen molar-refractivity contribution in [2.75, 3.05) is 0 Å². The molecule has 0 spiro atoms. The van der Waals surface area contributed by atoms with Crippen LogP contribution in [-0.4, -0.2) is 21.9 Å². The molecule has 0 aromatic heterocycles. The number of benzene rings is 4. The average molecular weight is 502 g/mol. The standard InChI is InChI=1S/C29H21ClFNO4/c30-27-11-6-21(14-26(27)29(34)35)20-3-1-2-19(12-20)17-36-24-9-10-25-22(13-24)16-32(28(25)33)15-18-4-7-23(31)8-5-18/h1-14H,15-17H2,(H,34,35). The molecule has 5 nitrogen and oxygen atoms in total. The normalized spacial score (nSPS) is 12.5. The topological polar surface area (TPSA) is 66.8 Å². The molecule has 0 radical (unpaired) electrons. The molecule has 0 atom stereocenters. The maximum atomic E-state index is 13.2. The zero-order chi connectivity index (χ0) is 25.2. The van der Waals surface area contributed by atoms with Gasteiger partial charge in [-0.05, 0) is 76.3 Å². The van der Waals surface area contributed by atoms with Gasteiger partial charge in [-0.2, -0.15) is 0 Å². The van der Waals surface area contributed by atoms with Gasteiger partial charge in [0.15, 0.2) is 0 Å². The van der Waals surface area contributed by atoms with E-state index >= 15 is 0 Å². The van der Waals surface area contributed by atoms with Crippen LogP contribution in [0.4, 0.5) is 4.39 Å². The van der Waals surface area contributed by atoms with Crippen molar-refractivity contribution in [3.05, 3.63) is 124 Å². The van der Waals surface area contributed by atoms with Crippen LogP contribution in [0.15, 0.2) is 84.9 Å². The lowest BCUT2D eigenvalue weighted by Crippen LogP contribution is -2.23. The fourth-order valence-corrected chi connectivity index (χ4v) is 4.46. The van der Waals surface area contributed by atoms with Crippen LogP contribution in [0.25, 0.3) is 11.1 Å². The second kappa shape index (κ2) is 9.84. The molecule has 0 bridgehead atoms. The molecular weight excluding hydrogens is 481 g/mol. The van der Waals surface area contributed by atoms with Crippen LogP contribution in [0.3, 0.4) is 0 Å². The minimum atomic E-state index is -1.08. The van der Waals surface area contributed by atoms with Gasteiger partial charge in [-0.3, -0.25) is 4.79 Å². The quantitative estimate of drug-likeness (QED) is 0.310. The molecule has 0 saturated heterocycles. The molecule has 0 fully saturated rings. The summed E-state index contributed by atoms with van der Waals surface area (Å²) in [7, 11) is 0. The third-order valence-corrected chi connectivity index (χ3v) is 6.43. The summed E-state index contributed by atoms with van der Waals surface area (Å²) in [4.78, 5) is 25.9. The number of carboxylic acid groups (broad SMARTS) is 1.